The predicted molar refractivity (Wildman–Crippen MR) is 144 cm³/mol. The molecule has 0 fully saturated rings. The maximum Gasteiger partial charge on any atom is 0.416 e. The molecule has 0 radical (unpaired) electrons. The average Bonchev–Trinajstić information content (AvgIpc) is 3.30. The number of carboxylic acid groups (broad SMARTS) is 1. The van der Waals surface area contributed by atoms with Crippen LogP contribution in [0, 0.1) is 13.8 Å². The zero-order valence-electron chi connectivity index (χ0n) is 22.0. The first-order chi connectivity index (χ1) is 18.8. The average molecular weight is 531 g/mol. The zero-order chi connectivity index (χ0) is 27.8. The molecular weight excluding hydrogens is 500 g/mol. The molecule has 0 saturated carbocycles. The Labute approximate surface area is 226 Å². The molecule has 0 atom stereocenters. The summed E-state index contributed by atoms with van der Waals surface area (Å²) in [7, 11) is 1.62. The van der Waals surface area contributed by atoms with Crippen molar-refractivity contribution in [1.29, 1.82) is 0 Å². The van der Waals surface area contributed by atoms with E-state index in [1.807, 2.05) is 50.2 Å². The van der Waals surface area contributed by atoms with E-state index in [9.17, 15) is 14.7 Å². The number of oxazole rings is 1. The van der Waals surface area contributed by atoms with Gasteiger partial charge in [0.05, 0.1) is 19.4 Å². The number of carbonyl (C=O) groups excluding carboxylic acids is 1. The van der Waals surface area contributed by atoms with Crippen LogP contribution >= 0.6 is 0 Å². The summed E-state index contributed by atoms with van der Waals surface area (Å²) in [5.74, 6) is 1.80. The first-order valence-corrected chi connectivity index (χ1v) is 12.4. The minimum atomic E-state index is -1.14. The SMILES string of the molecule is COc1ccc(-c2nc(CCOc3cccc(CN(CC(=O)O)C(=O)Oc4ccc(C)cc4)c3)c(C)o2)cc1. The third-order valence-electron chi connectivity index (χ3n) is 5.92. The predicted octanol–water partition coefficient (Wildman–Crippen LogP) is 5.67. The van der Waals surface area contributed by atoms with Crippen LogP contribution in [0.3, 0.4) is 0 Å². The Balaban J connectivity index is 1.36. The number of aryl methyl sites for hydroxylation is 2. The Bertz CT molecular complexity index is 1410. The molecule has 4 aromatic rings. The number of ether oxygens (including phenoxy) is 3. The molecule has 3 aromatic carbocycles. The molecule has 1 amide bonds. The molecule has 4 rings (SSSR count). The van der Waals surface area contributed by atoms with Crippen molar-refractivity contribution in [3.05, 3.63) is 95.4 Å². The molecule has 0 spiro atoms. The van der Waals surface area contributed by atoms with Crippen molar-refractivity contribution >= 4 is 12.1 Å². The summed E-state index contributed by atoms with van der Waals surface area (Å²) in [6.45, 7) is 3.68. The lowest BCUT2D eigenvalue weighted by molar-refractivity contribution is -0.138. The first kappa shape index (κ1) is 27.3. The van der Waals surface area contributed by atoms with Gasteiger partial charge in [0, 0.05) is 18.5 Å². The van der Waals surface area contributed by atoms with Gasteiger partial charge in [-0.3, -0.25) is 9.69 Å². The van der Waals surface area contributed by atoms with Gasteiger partial charge in [0.25, 0.3) is 0 Å². The molecule has 0 aliphatic rings. The highest BCUT2D eigenvalue weighted by molar-refractivity contribution is 5.78. The van der Waals surface area contributed by atoms with Crippen molar-refractivity contribution in [2.45, 2.75) is 26.8 Å². The van der Waals surface area contributed by atoms with Crippen LogP contribution in [0.1, 0.15) is 22.6 Å². The smallest absolute Gasteiger partial charge is 0.416 e. The quantitative estimate of drug-likeness (QED) is 0.264. The zero-order valence-corrected chi connectivity index (χ0v) is 22.0. The third-order valence-corrected chi connectivity index (χ3v) is 5.92. The minimum absolute atomic E-state index is 0.0435. The lowest BCUT2D eigenvalue weighted by Crippen LogP contribution is -2.37. The van der Waals surface area contributed by atoms with Crippen LogP contribution in [0.4, 0.5) is 4.79 Å². The molecule has 9 heteroatoms. The Morgan fingerprint density at radius 3 is 2.36 bits per heavy atom. The molecule has 39 heavy (non-hydrogen) atoms. The molecule has 1 N–H and O–H groups in total. The second-order valence-electron chi connectivity index (χ2n) is 8.93. The van der Waals surface area contributed by atoms with E-state index in [0.29, 0.717) is 36.0 Å². The van der Waals surface area contributed by atoms with Crippen molar-refractivity contribution in [2.24, 2.45) is 0 Å². The standard InChI is InChI=1S/C30H30N2O7/c1-20-7-11-25(12-8-20)39-30(35)32(19-28(33)34)18-22-5-4-6-26(17-22)37-16-15-27-21(2)38-29(31-27)23-9-13-24(36-3)14-10-23/h4-14,17H,15-16,18-19H2,1-3H3,(H,33,34). The number of aliphatic carboxylic acids is 1. The molecule has 202 valence electrons. The van der Waals surface area contributed by atoms with Crippen LogP contribution in [-0.2, 0) is 17.8 Å². The summed E-state index contributed by atoms with van der Waals surface area (Å²) >= 11 is 0. The van der Waals surface area contributed by atoms with Crippen LogP contribution in [0.25, 0.3) is 11.5 Å². The Morgan fingerprint density at radius 1 is 0.949 bits per heavy atom. The lowest BCUT2D eigenvalue weighted by atomic mass is 10.2. The summed E-state index contributed by atoms with van der Waals surface area (Å²) in [6.07, 6.45) is -0.217. The third kappa shape index (κ3) is 7.61. The van der Waals surface area contributed by atoms with E-state index < -0.39 is 18.6 Å². The van der Waals surface area contributed by atoms with E-state index in [1.54, 1.807) is 43.5 Å². The second-order valence-corrected chi connectivity index (χ2v) is 8.93. The van der Waals surface area contributed by atoms with Crippen molar-refractivity contribution < 1.29 is 33.3 Å². The van der Waals surface area contributed by atoms with Crippen LogP contribution in [0.2, 0.25) is 0 Å². The fraction of sp³-hybridized carbons (Fsp3) is 0.233. The summed E-state index contributed by atoms with van der Waals surface area (Å²) < 4.78 is 22.3. The van der Waals surface area contributed by atoms with Crippen molar-refractivity contribution in [2.75, 3.05) is 20.3 Å². The van der Waals surface area contributed by atoms with E-state index in [-0.39, 0.29) is 6.54 Å². The maximum atomic E-state index is 12.7. The largest absolute Gasteiger partial charge is 0.497 e. The van der Waals surface area contributed by atoms with E-state index >= 15 is 0 Å². The topological polar surface area (TPSA) is 111 Å². The number of hydrogen-bond acceptors (Lipinski definition) is 7. The van der Waals surface area contributed by atoms with Crippen LogP contribution in [0.5, 0.6) is 17.2 Å². The molecule has 0 unspecified atom stereocenters. The molecule has 0 bridgehead atoms. The number of amides is 1. The van der Waals surface area contributed by atoms with Crippen molar-refractivity contribution in [3.8, 4) is 28.7 Å². The molecular formula is C30H30N2O7. The van der Waals surface area contributed by atoms with E-state index in [2.05, 4.69) is 4.98 Å². The van der Waals surface area contributed by atoms with Gasteiger partial charge < -0.3 is 23.7 Å². The molecule has 1 aromatic heterocycles. The van der Waals surface area contributed by atoms with Gasteiger partial charge in [-0.15, -0.1) is 0 Å². The summed E-state index contributed by atoms with van der Waals surface area (Å²) in [6, 6.07) is 21.6. The molecule has 0 aliphatic carbocycles. The normalized spacial score (nSPS) is 10.6. The number of nitrogens with zero attached hydrogens (tertiary/aromatic N) is 2. The molecule has 0 saturated heterocycles. The number of methoxy groups -OCH3 is 1. The van der Waals surface area contributed by atoms with Crippen molar-refractivity contribution in [3.63, 3.8) is 0 Å². The number of hydrogen-bond donors (Lipinski definition) is 1. The first-order valence-electron chi connectivity index (χ1n) is 12.4. The second kappa shape index (κ2) is 12.6. The van der Waals surface area contributed by atoms with Crippen molar-refractivity contribution in [1.82, 2.24) is 9.88 Å². The number of aromatic nitrogens is 1. The van der Waals surface area contributed by atoms with Gasteiger partial charge in [0.15, 0.2) is 0 Å². The summed E-state index contributed by atoms with van der Waals surface area (Å²) in [5.41, 5.74) is 3.37. The lowest BCUT2D eigenvalue weighted by Gasteiger charge is -2.20. The fourth-order valence-electron chi connectivity index (χ4n) is 3.86. The number of rotatable bonds is 11. The van der Waals surface area contributed by atoms with Crippen LogP contribution in [-0.4, -0.2) is 47.3 Å². The van der Waals surface area contributed by atoms with Gasteiger partial charge in [-0.05, 0) is 67.9 Å². The highest BCUT2D eigenvalue weighted by Crippen LogP contribution is 2.24. The van der Waals surface area contributed by atoms with Gasteiger partial charge >= 0.3 is 12.1 Å². The van der Waals surface area contributed by atoms with E-state index in [1.165, 1.54) is 0 Å². The van der Waals surface area contributed by atoms with Crippen LogP contribution in [0.15, 0.2) is 77.2 Å². The Kier molecular flexibility index (Phi) is 8.83. The highest BCUT2D eigenvalue weighted by Gasteiger charge is 2.20. The molecule has 9 nitrogen and oxygen atoms in total. The number of benzene rings is 3. The van der Waals surface area contributed by atoms with Gasteiger partial charge in [0.1, 0.15) is 29.6 Å². The van der Waals surface area contributed by atoms with E-state index in [0.717, 1.165) is 33.2 Å². The van der Waals surface area contributed by atoms with Gasteiger partial charge in [-0.1, -0.05) is 29.8 Å². The molecule has 1 heterocycles. The summed E-state index contributed by atoms with van der Waals surface area (Å²) in [4.78, 5) is 29.8. The van der Waals surface area contributed by atoms with Crippen LogP contribution < -0.4 is 14.2 Å². The highest BCUT2D eigenvalue weighted by atomic mass is 16.6. The number of carbonyl (C=O) groups is 2. The Morgan fingerprint density at radius 2 is 1.67 bits per heavy atom. The monoisotopic (exact) mass is 530 g/mol. The van der Waals surface area contributed by atoms with Gasteiger partial charge in [-0.25, -0.2) is 9.78 Å². The summed E-state index contributed by atoms with van der Waals surface area (Å²) in [5, 5.41) is 9.32. The molecule has 0 aliphatic heterocycles. The number of carboxylic acids is 1. The Hall–Kier alpha value is -4.79. The van der Waals surface area contributed by atoms with Gasteiger partial charge in [0.2, 0.25) is 5.89 Å². The van der Waals surface area contributed by atoms with Gasteiger partial charge in [-0.2, -0.15) is 0 Å². The fourth-order valence-corrected chi connectivity index (χ4v) is 3.86. The minimum Gasteiger partial charge on any atom is -0.497 e. The van der Waals surface area contributed by atoms with E-state index in [4.69, 9.17) is 18.6 Å². The maximum absolute atomic E-state index is 12.7.